The Morgan fingerprint density at radius 2 is 1.69 bits per heavy atom. The molecule has 2 saturated heterocycles. The largest absolute Gasteiger partial charge is 0.496 e. The molecule has 1 unspecified atom stereocenters. The Hall–Kier alpha value is -6.09. The number of aromatic nitrogens is 2. The van der Waals surface area contributed by atoms with E-state index < -0.39 is 29.7 Å². The van der Waals surface area contributed by atoms with E-state index in [0.717, 1.165) is 33.4 Å². The van der Waals surface area contributed by atoms with Crippen molar-refractivity contribution in [2.24, 2.45) is 7.05 Å². The van der Waals surface area contributed by atoms with Crippen LogP contribution in [0.4, 0.5) is 0 Å². The fourth-order valence-corrected chi connectivity index (χ4v) is 7.50. The molecule has 55 heavy (non-hydrogen) atoms. The van der Waals surface area contributed by atoms with Gasteiger partial charge >= 0.3 is 0 Å². The smallest absolute Gasteiger partial charge is 0.266 e. The average molecular weight is 751 g/mol. The summed E-state index contributed by atoms with van der Waals surface area (Å²) in [5.41, 5.74) is 2.75. The van der Waals surface area contributed by atoms with Crippen LogP contribution in [0.2, 0.25) is 0 Å². The van der Waals surface area contributed by atoms with E-state index in [1.54, 1.807) is 56.6 Å². The quantitative estimate of drug-likeness (QED) is 0.143. The molecule has 3 aliphatic heterocycles. The Bertz CT molecular complexity index is 2240. The zero-order chi connectivity index (χ0) is 38.8. The van der Waals surface area contributed by atoms with Gasteiger partial charge in [0.05, 0.1) is 48.9 Å². The number of carbonyl (C=O) groups excluding carboxylic acids is 5. The number of unbranched alkanes of at least 4 members (excludes halogenated alkanes) is 2. The van der Waals surface area contributed by atoms with Gasteiger partial charge in [0.1, 0.15) is 23.3 Å². The van der Waals surface area contributed by atoms with Gasteiger partial charge in [-0.3, -0.25) is 48.9 Å². The van der Waals surface area contributed by atoms with Crippen LogP contribution in [-0.2, 0) is 28.0 Å². The lowest BCUT2D eigenvalue weighted by Gasteiger charge is -2.40. The minimum atomic E-state index is -1.04. The SMILES string of the molecule is COc1cc(-c2cn(C)c(=O)c3cnccc23)cc(OC)c1CN1CC(NC(=O)CCCCCOc2cccc3c2C(=O)N(C2CCC(=O)NC2=O)C3=O)C1. The maximum absolute atomic E-state index is 13.3. The minimum absolute atomic E-state index is 0.0247. The second-order valence-corrected chi connectivity index (χ2v) is 14.0. The number of fused-ring (bicyclic) bond motifs is 2. The molecule has 4 aromatic rings. The van der Waals surface area contributed by atoms with Gasteiger partial charge in [-0.2, -0.15) is 0 Å². The molecule has 2 N–H and O–H groups in total. The van der Waals surface area contributed by atoms with E-state index in [1.807, 2.05) is 18.2 Å². The summed E-state index contributed by atoms with van der Waals surface area (Å²) in [7, 11) is 4.95. The van der Waals surface area contributed by atoms with Gasteiger partial charge in [-0.15, -0.1) is 0 Å². The first-order chi connectivity index (χ1) is 26.6. The number of aryl methyl sites for hydroxylation is 1. The van der Waals surface area contributed by atoms with E-state index in [9.17, 15) is 28.8 Å². The molecule has 2 aromatic heterocycles. The molecule has 286 valence electrons. The monoisotopic (exact) mass is 750 g/mol. The van der Waals surface area contributed by atoms with Crippen LogP contribution in [0.3, 0.4) is 0 Å². The highest BCUT2D eigenvalue weighted by Gasteiger charge is 2.46. The van der Waals surface area contributed by atoms with Gasteiger partial charge in [0.2, 0.25) is 17.7 Å². The average Bonchev–Trinajstić information content (AvgIpc) is 3.42. The Morgan fingerprint density at radius 1 is 0.927 bits per heavy atom. The lowest BCUT2D eigenvalue weighted by molar-refractivity contribution is -0.136. The van der Waals surface area contributed by atoms with Crippen LogP contribution in [0.15, 0.2) is 59.8 Å². The number of ether oxygens (including phenoxy) is 3. The summed E-state index contributed by atoms with van der Waals surface area (Å²) in [6.45, 7) is 2.20. The molecule has 2 aromatic carbocycles. The molecule has 5 heterocycles. The fourth-order valence-electron chi connectivity index (χ4n) is 7.50. The van der Waals surface area contributed by atoms with Gasteiger partial charge in [-0.05, 0) is 67.0 Å². The number of nitrogens with zero attached hydrogens (tertiary/aromatic N) is 4. The third-order valence-electron chi connectivity index (χ3n) is 10.3. The van der Waals surface area contributed by atoms with Gasteiger partial charge in [0, 0.05) is 63.7 Å². The van der Waals surface area contributed by atoms with Crippen LogP contribution in [-0.4, -0.2) is 94.9 Å². The van der Waals surface area contributed by atoms with E-state index in [1.165, 1.54) is 6.07 Å². The Balaban J connectivity index is 0.863. The van der Waals surface area contributed by atoms with Gasteiger partial charge in [-0.1, -0.05) is 6.07 Å². The standard InChI is InChI=1S/C40H42N6O9/c1-44-21-28(25-13-14-41-18-27(25)38(44)50)23-16-32(53-2)29(33(17-23)54-3)22-45-19-24(20-45)42-34(47)10-5-4-6-15-55-31-9-7-8-26-36(31)40(52)46(39(26)51)30-11-12-35(48)43-37(30)49/h7-9,13-14,16-18,21,24,30H,4-6,10-12,15,19-20,22H2,1-3H3,(H,42,47)(H,43,48,49). The summed E-state index contributed by atoms with van der Waals surface area (Å²) in [6.07, 6.45) is 7.54. The molecule has 3 aliphatic rings. The number of hydrogen-bond donors (Lipinski definition) is 2. The number of pyridine rings is 2. The highest BCUT2D eigenvalue weighted by Crippen LogP contribution is 2.38. The van der Waals surface area contributed by atoms with E-state index in [-0.39, 0.29) is 53.8 Å². The first-order valence-electron chi connectivity index (χ1n) is 18.3. The predicted molar refractivity (Wildman–Crippen MR) is 200 cm³/mol. The maximum atomic E-state index is 13.3. The van der Waals surface area contributed by atoms with Crippen LogP contribution in [0, 0.1) is 0 Å². The molecular weight excluding hydrogens is 708 g/mol. The van der Waals surface area contributed by atoms with E-state index in [4.69, 9.17) is 14.2 Å². The van der Waals surface area contributed by atoms with E-state index in [2.05, 4.69) is 20.5 Å². The molecular formula is C40H42N6O9. The first-order valence-corrected chi connectivity index (χ1v) is 18.3. The van der Waals surface area contributed by atoms with Gasteiger partial charge in [-0.25, -0.2) is 0 Å². The van der Waals surface area contributed by atoms with Crippen molar-refractivity contribution in [3.05, 3.63) is 82.0 Å². The number of methoxy groups -OCH3 is 2. The molecule has 2 fully saturated rings. The third kappa shape index (κ3) is 7.39. The molecule has 0 saturated carbocycles. The second kappa shape index (κ2) is 15.7. The van der Waals surface area contributed by atoms with Crippen molar-refractivity contribution in [3.63, 3.8) is 0 Å². The maximum Gasteiger partial charge on any atom is 0.266 e. The number of imide groups is 2. The molecule has 0 bridgehead atoms. The summed E-state index contributed by atoms with van der Waals surface area (Å²) in [5.74, 6) is -0.732. The van der Waals surface area contributed by atoms with Crippen molar-refractivity contribution in [2.75, 3.05) is 33.9 Å². The molecule has 7 rings (SSSR count). The second-order valence-electron chi connectivity index (χ2n) is 14.0. The van der Waals surface area contributed by atoms with Crippen LogP contribution in [0.25, 0.3) is 21.9 Å². The number of benzene rings is 2. The number of amides is 5. The van der Waals surface area contributed by atoms with Gasteiger partial charge in [0.25, 0.3) is 17.4 Å². The highest BCUT2D eigenvalue weighted by atomic mass is 16.5. The molecule has 0 spiro atoms. The molecule has 1 atom stereocenters. The molecule has 0 radical (unpaired) electrons. The van der Waals surface area contributed by atoms with Crippen molar-refractivity contribution in [2.45, 2.75) is 57.2 Å². The highest BCUT2D eigenvalue weighted by molar-refractivity contribution is 6.24. The summed E-state index contributed by atoms with van der Waals surface area (Å²) in [6, 6.07) is 9.48. The minimum Gasteiger partial charge on any atom is -0.496 e. The van der Waals surface area contributed by atoms with E-state index >= 15 is 0 Å². The topological polar surface area (TPSA) is 178 Å². The summed E-state index contributed by atoms with van der Waals surface area (Å²) < 4.78 is 19.1. The lowest BCUT2D eigenvalue weighted by atomic mass is 9.98. The Labute approximate surface area is 316 Å². The number of nitrogens with one attached hydrogen (secondary N) is 2. The number of hydrogen-bond acceptors (Lipinski definition) is 11. The summed E-state index contributed by atoms with van der Waals surface area (Å²) >= 11 is 0. The molecule has 15 heteroatoms. The van der Waals surface area contributed by atoms with Crippen LogP contribution >= 0.6 is 0 Å². The van der Waals surface area contributed by atoms with Crippen molar-refractivity contribution >= 4 is 40.3 Å². The van der Waals surface area contributed by atoms with Gasteiger partial charge in [0.15, 0.2) is 0 Å². The van der Waals surface area contributed by atoms with Crippen molar-refractivity contribution in [1.82, 2.24) is 30.0 Å². The summed E-state index contributed by atoms with van der Waals surface area (Å²) in [5, 5.41) is 6.62. The Morgan fingerprint density at radius 3 is 2.42 bits per heavy atom. The fraction of sp³-hybridized carbons (Fsp3) is 0.375. The van der Waals surface area contributed by atoms with Crippen LogP contribution in [0.5, 0.6) is 17.2 Å². The van der Waals surface area contributed by atoms with Crippen molar-refractivity contribution in [1.29, 1.82) is 0 Å². The molecule has 15 nitrogen and oxygen atoms in total. The zero-order valence-corrected chi connectivity index (χ0v) is 30.9. The number of piperidine rings is 1. The third-order valence-corrected chi connectivity index (χ3v) is 10.3. The number of likely N-dealkylation sites (tertiary alicyclic amines) is 1. The number of rotatable bonds is 14. The normalized spacial score (nSPS) is 17.2. The van der Waals surface area contributed by atoms with Crippen LogP contribution in [0.1, 0.15) is 64.8 Å². The molecule has 5 amide bonds. The number of carbonyl (C=O) groups is 5. The van der Waals surface area contributed by atoms with Crippen LogP contribution < -0.4 is 30.4 Å². The van der Waals surface area contributed by atoms with Crippen molar-refractivity contribution < 1.29 is 38.2 Å². The zero-order valence-electron chi connectivity index (χ0n) is 30.9. The van der Waals surface area contributed by atoms with Crippen molar-refractivity contribution in [3.8, 4) is 28.4 Å². The summed E-state index contributed by atoms with van der Waals surface area (Å²) in [4.78, 5) is 82.9. The van der Waals surface area contributed by atoms with Gasteiger partial charge < -0.3 is 24.1 Å². The molecule has 0 aliphatic carbocycles. The first kappa shape index (κ1) is 37.2. The van der Waals surface area contributed by atoms with E-state index in [0.29, 0.717) is 55.8 Å². The predicted octanol–water partition coefficient (Wildman–Crippen LogP) is 2.96. The Kier molecular flexibility index (Phi) is 10.6. The lowest BCUT2D eigenvalue weighted by Crippen LogP contribution is -2.58.